The van der Waals surface area contributed by atoms with Crippen LogP contribution in [0.15, 0.2) is 35.1 Å². The van der Waals surface area contributed by atoms with Crippen LogP contribution in [0, 0.1) is 0 Å². The maximum absolute atomic E-state index is 12.1. The summed E-state index contributed by atoms with van der Waals surface area (Å²) < 4.78 is 1.14. The van der Waals surface area contributed by atoms with Gasteiger partial charge in [0.2, 0.25) is 0 Å². The van der Waals surface area contributed by atoms with Gasteiger partial charge in [0.25, 0.3) is 17.4 Å². The Bertz CT molecular complexity index is 826. The van der Waals surface area contributed by atoms with Crippen LogP contribution in [-0.4, -0.2) is 16.4 Å². The van der Waals surface area contributed by atoms with E-state index in [1.165, 1.54) is 0 Å². The number of fused-ring (bicyclic) bond motifs is 1. The van der Waals surface area contributed by atoms with Gasteiger partial charge in [-0.1, -0.05) is 17.7 Å². The van der Waals surface area contributed by atoms with Gasteiger partial charge in [0.05, 0.1) is 16.8 Å². The Morgan fingerprint density at radius 3 is 2.55 bits per heavy atom. The van der Waals surface area contributed by atoms with Gasteiger partial charge in [-0.05, 0) is 18.2 Å². The van der Waals surface area contributed by atoms with Crippen LogP contribution in [-0.2, 0) is 0 Å². The Morgan fingerprint density at radius 1 is 1.10 bits per heavy atom. The topological polar surface area (TPSA) is 94.2 Å². The van der Waals surface area contributed by atoms with Crippen LogP contribution >= 0.6 is 11.6 Å². The van der Waals surface area contributed by atoms with Gasteiger partial charge in [-0.2, -0.15) is 0 Å². The number of benzene rings is 1. The van der Waals surface area contributed by atoms with Gasteiger partial charge < -0.3 is 5.73 Å². The van der Waals surface area contributed by atoms with Gasteiger partial charge in [0, 0.05) is 11.1 Å². The standard InChI is InChI=1S/C13H8ClN3O3/c14-6-2-1-3-7(4-6)17-9(18)5-8-10(11(17)15)13(20)16-12(8)19/h1-5H,15H2,(H,16,19,20). The molecular formula is C13H8ClN3O3. The molecule has 0 aliphatic carbocycles. The minimum Gasteiger partial charge on any atom is -0.384 e. The van der Waals surface area contributed by atoms with Crippen LogP contribution in [0.1, 0.15) is 20.7 Å². The summed E-state index contributed by atoms with van der Waals surface area (Å²) in [5.74, 6) is -1.32. The summed E-state index contributed by atoms with van der Waals surface area (Å²) in [7, 11) is 0. The van der Waals surface area contributed by atoms with Gasteiger partial charge in [-0.15, -0.1) is 0 Å². The van der Waals surface area contributed by atoms with Gasteiger partial charge in [-0.25, -0.2) is 0 Å². The Kier molecular flexibility index (Phi) is 2.62. The zero-order chi connectivity index (χ0) is 14.4. The first-order valence-electron chi connectivity index (χ1n) is 5.66. The largest absolute Gasteiger partial charge is 0.384 e. The van der Waals surface area contributed by atoms with E-state index < -0.39 is 17.4 Å². The van der Waals surface area contributed by atoms with E-state index in [4.69, 9.17) is 17.3 Å². The summed E-state index contributed by atoms with van der Waals surface area (Å²) in [6.45, 7) is 0. The highest BCUT2D eigenvalue weighted by Crippen LogP contribution is 2.23. The normalized spacial score (nSPS) is 13.2. The number of carbonyl (C=O) groups excluding carboxylic acids is 2. The molecule has 0 spiro atoms. The van der Waals surface area contributed by atoms with E-state index in [0.717, 1.165) is 10.6 Å². The van der Waals surface area contributed by atoms with Crippen LogP contribution < -0.4 is 16.6 Å². The summed E-state index contributed by atoms with van der Waals surface area (Å²) >= 11 is 5.88. The number of nitrogens with one attached hydrogen (secondary N) is 1. The highest BCUT2D eigenvalue weighted by atomic mass is 35.5. The second-order valence-corrected chi connectivity index (χ2v) is 4.69. The molecule has 1 aromatic carbocycles. The van der Waals surface area contributed by atoms with Gasteiger partial charge in [0.15, 0.2) is 0 Å². The smallest absolute Gasteiger partial charge is 0.262 e. The number of anilines is 1. The molecule has 0 bridgehead atoms. The molecule has 20 heavy (non-hydrogen) atoms. The van der Waals surface area contributed by atoms with E-state index in [-0.39, 0.29) is 16.9 Å². The Balaban J connectivity index is 2.35. The zero-order valence-corrected chi connectivity index (χ0v) is 10.8. The molecule has 0 fully saturated rings. The number of hydrogen-bond donors (Lipinski definition) is 2. The average molecular weight is 290 g/mol. The molecule has 0 saturated heterocycles. The third kappa shape index (κ3) is 1.70. The number of pyridine rings is 1. The maximum Gasteiger partial charge on any atom is 0.262 e. The fourth-order valence-electron chi connectivity index (χ4n) is 2.16. The number of nitrogens with two attached hydrogens (primary N) is 1. The molecule has 0 radical (unpaired) electrons. The molecule has 100 valence electrons. The van der Waals surface area contributed by atoms with Crippen molar-refractivity contribution in [1.29, 1.82) is 0 Å². The molecule has 1 aliphatic heterocycles. The first-order chi connectivity index (χ1) is 9.49. The van der Waals surface area contributed by atoms with Gasteiger partial charge in [-0.3, -0.25) is 24.3 Å². The number of imide groups is 1. The molecule has 2 heterocycles. The molecule has 7 heteroatoms. The van der Waals surface area contributed by atoms with Crippen LogP contribution in [0.4, 0.5) is 5.82 Å². The molecule has 0 atom stereocenters. The van der Waals surface area contributed by atoms with Crippen LogP contribution in [0.25, 0.3) is 5.69 Å². The molecule has 0 saturated carbocycles. The van der Waals surface area contributed by atoms with Crippen molar-refractivity contribution in [2.75, 3.05) is 5.73 Å². The van der Waals surface area contributed by atoms with E-state index in [0.29, 0.717) is 10.7 Å². The number of aromatic nitrogens is 1. The van der Waals surface area contributed by atoms with E-state index in [1.807, 2.05) is 0 Å². The van der Waals surface area contributed by atoms with Crippen molar-refractivity contribution in [1.82, 2.24) is 9.88 Å². The van der Waals surface area contributed by atoms with Gasteiger partial charge in [0.1, 0.15) is 5.82 Å². The van der Waals surface area contributed by atoms with E-state index in [9.17, 15) is 14.4 Å². The lowest BCUT2D eigenvalue weighted by Crippen LogP contribution is -2.24. The number of rotatable bonds is 1. The summed E-state index contributed by atoms with van der Waals surface area (Å²) in [5, 5.41) is 2.53. The second-order valence-electron chi connectivity index (χ2n) is 4.26. The Labute approximate surface area is 117 Å². The van der Waals surface area contributed by atoms with Crippen molar-refractivity contribution in [3.8, 4) is 5.69 Å². The fraction of sp³-hybridized carbons (Fsp3) is 0. The Morgan fingerprint density at radius 2 is 1.85 bits per heavy atom. The molecule has 1 aliphatic rings. The third-order valence-corrected chi connectivity index (χ3v) is 3.25. The number of amides is 2. The van der Waals surface area contributed by atoms with Crippen molar-refractivity contribution in [3.05, 3.63) is 56.8 Å². The predicted octanol–water partition coefficient (Wildman–Crippen LogP) is 0.957. The van der Waals surface area contributed by atoms with Crippen molar-refractivity contribution >= 4 is 29.2 Å². The quantitative estimate of drug-likeness (QED) is 0.765. The van der Waals surface area contributed by atoms with Crippen molar-refractivity contribution in [2.24, 2.45) is 0 Å². The maximum atomic E-state index is 12.1. The fourth-order valence-corrected chi connectivity index (χ4v) is 2.35. The molecule has 2 amide bonds. The van der Waals surface area contributed by atoms with Crippen LogP contribution in [0.3, 0.4) is 0 Å². The number of nitrogens with zero attached hydrogens (tertiary/aromatic N) is 1. The first-order valence-corrected chi connectivity index (χ1v) is 6.04. The van der Waals surface area contributed by atoms with Crippen LogP contribution in [0.2, 0.25) is 5.02 Å². The number of nitrogen functional groups attached to an aromatic ring is 1. The number of carbonyl (C=O) groups is 2. The summed E-state index contributed by atoms with van der Waals surface area (Å²) in [6, 6.07) is 7.57. The highest BCUT2D eigenvalue weighted by molar-refractivity contribution is 6.30. The average Bonchev–Trinajstić information content (AvgIpc) is 2.64. The molecule has 0 unspecified atom stereocenters. The minimum atomic E-state index is -0.618. The molecule has 2 aromatic rings. The van der Waals surface area contributed by atoms with Crippen molar-refractivity contribution < 1.29 is 9.59 Å². The van der Waals surface area contributed by atoms with Crippen LogP contribution in [0.5, 0.6) is 0 Å². The number of halogens is 1. The molecular weight excluding hydrogens is 282 g/mol. The zero-order valence-electron chi connectivity index (χ0n) is 10.0. The lowest BCUT2D eigenvalue weighted by molar-refractivity contribution is 0.0880. The highest BCUT2D eigenvalue weighted by Gasteiger charge is 2.31. The lowest BCUT2D eigenvalue weighted by Gasteiger charge is -2.11. The van der Waals surface area contributed by atoms with E-state index >= 15 is 0 Å². The van der Waals surface area contributed by atoms with Crippen molar-refractivity contribution in [2.45, 2.75) is 0 Å². The van der Waals surface area contributed by atoms with Crippen molar-refractivity contribution in [3.63, 3.8) is 0 Å². The summed E-state index contributed by atoms with van der Waals surface area (Å²) in [4.78, 5) is 35.3. The molecule has 1 aromatic heterocycles. The Hall–Kier alpha value is -2.60. The number of hydrogen-bond acceptors (Lipinski definition) is 4. The van der Waals surface area contributed by atoms with Gasteiger partial charge >= 0.3 is 0 Å². The van der Waals surface area contributed by atoms with E-state index in [2.05, 4.69) is 5.32 Å². The summed E-state index contributed by atoms with van der Waals surface area (Å²) in [6.07, 6.45) is 0. The van der Waals surface area contributed by atoms with E-state index in [1.54, 1.807) is 24.3 Å². The minimum absolute atomic E-state index is 0.00391. The SMILES string of the molecule is Nc1c2c(cc(=O)n1-c1cccc(Cl)c1)C(=O)NC2=O. The lowest BCUT2D eigenvalue weighted by atomic mass is 10.1. The third-order valence-electron chi connectivity index (χ3n) is 3.02. The predicted molar refractivity (Wildman–Crippen MR) is 73.3 cm³/mol. The summed E-state index contributed by atoms with van der Waals surface area (Å²) in [5.41, 5.74) is 5.80. The molecule has 3 rings (SSSR count). The molecule has 6 nitrogen and oxygen atoms in total. The second kappa shape index (κ2) is 4.21. The molecule has 3 N–H and O–H groups in total. The first kappa shape index (κ1) is 12.4. The monoisotopic (exact) mass is 289 g/mol.